The van der Waals surface area contributed by atoms with E-state index in [-0.39, 0.29) is 5.92 Å². The molecule has 1 heterocycles. The van der Waals surface area contributed by atoms with Gasteiger partial charge in [0.1, 0.15) is 5.78 Å². The molecule has 0 aromatic carbocycles. The third-order valence-corrected chi connectivity index (χ3v) is 2.99. The number of carbonyl (C=O) groups is 1. The highest BCUT2D eigenvalue weighted by Gasteiger charge is 2.20. The maximum Gasteiger partial charge on any atom is 0.138 e. The normalized spacial score (nSPS) is 21.5. The van der Waals surface area contributed by atoms with Crippen LogP contribution in [-0.4, -0.2) is 25.5 Å². The van der Waals surface area contributed by atoms with Crippen LogP contribution in [0.5, 0.6) is 0 Å². The maximum absolute atomic E-state index is 11.7. The highest BCUT2D eigenvalue weighted by molar-refractivity contribution is 5.81. The van der Waals surface area contributed by atoms with Crippen molar-refractivity contribution in [2.75, 3.05) is 19.8 Å². The molecule has 88 valence electrons. The van der Waals surface area contributed by atoms with Crippen LogP contribution in [0.4, 0.5) is 0 Å². The lowest BCUT2D eigenvalue weighted by Crippen LogP contribution is -2.25. The lowest BCUT2D eigenvalue weighted by Gasteiger charge is -2.20. The Kier molecular flexibility index (Phi) is 6.60. The van der Waals surface area contributed by atoms with Crippen molar-refractivity contribution in [3.05, 3.63) is 0 Å². The first-order chi connectivity index (χ1) is 7.34. The number of unbranched alkanes of at least 4 members (excludes halogenated alkanes) is 3. The fourth-order valence-corrected chi connectivity index (χ4v) is 2.00. The van der Waals surface area contributed by atoms with Gasteiger partial charge in [-0.25, -0.2) is 0 Å². The van der Waals surface area contributed by atoms with E-state index in [0.717, 1.165) is 58.1 Å². The molecule has 1 saturated heterocycles. The smallest absolute Gasteiger partial charge is 0.138 e. The van der Waals surface area contributed by atoms with E-state index in [4.69, 9.17) is 10.5 Å². The van der Waals surface area contributed by atoms with E-state index in [2.05, 4.69) is 0 Å². The molecule has 15 heavy (non-hydrogen) atoms. The topological polar surface area (TPSA) is 52.3 Å². The summed E-state index contributed by atoms with van der Waals surface area (Å²) in [6.45, 7) is 2.26. The number of ether oxygens (including phenoxy) is 1. The van der Waals surface area contributed by atoms with Crippen molar-refractivity contribution in [1.82, 2.24) is 0 Å². The van der Waals surface area contributed by atoms with Crippen molar-refractivity contribution >= 4 is 5.78 Å². The van der Waals surface area contributed by atoms with Gasteiger partial charge in [0.25, 0.3) is 0 Å². The average Bonchev–Trinajstić information content (AvgIpc) is 2.30. The van der Waals surface area contributed by atoms with Crippen molar-refractivity contribution in [3.8, 4) is 0 Å². The van der Waals surface area contributed by atoms with Gasteiger partial charge in [-0.3, -0.25) is 4.79 Å². The molecule has 1 aliphatic heterocycles. The van der Waals surface area contributed by atoms with E-state index < -0.39 is 0 Å². The van der Waals surface area contributed by atoms with E-state index in [1.54, 1.807) is 0 Å². The Morgan fingerprint density at radius 3 is 2.73 bits per heavy atom. The van der Waals surface area contributed by atoms with Crippen LogP contribution >= 0.6 is 0 Å². The quantitative estimate of drug-likeness (QED) is 0.657. The van der Waals surface area contributed by atoms with E-state index in [1.165, 1.54) is 0 Å². The SMILES string of the molecule is NCCCCCCC(=O)C1CCCOC1. The van der Waals surface area contributed by atoms with Crippen molar-refractivity contribution < 1.29 is 9.53 Å². The monoisotopic (exact) mass is 213 g/mol. The molecule has 2 N–H and O–H groups in total. The molecule has 1 fully saturated rings. The fourth-order valence-electron chi connectivity index (χ4n) is 2.00. The predicted molar refractivity (Wildman–Crippen MR) is 60.7 cm³/mol. The van der Waals surface area contributed by atoms with Crippen LogP contribution in [0.2, 0.25) is 0 Å². The number of rotatable bonds is 7. The number of carbonyl (C=O) groups excluding carboxylic acids is 1. The summed E-state index contributed by atoms with van der Waals surface area (Å²) in [5.41, 5.74) is 5.40. The zero-order valence-corrected chi connectivity index (χ0v) is 9.54. The van der Waals surface area contributed by atoms with Gasteiger partial charge in [-0.1, -0.05) is 12.8 Å². The molecular weight excluding hydrogens is 190 g/mol. The number of ketones is 1. The third kappa shape index (κ3) is 5.28. The first-order valence-corrected chi connectivity index (χ1v) is 6.15. The standard InChI is InChI=1S/C12H23NO2/c13-8-4-2-1-3-7-12(14)11-6-5-9-15-10-11/h11H,1-10,13H2. The first kappa shape index (κ1) is 12.7. The summed E-state index contributed by atoms with van der Waals surface area (Å²) in [7, 11) is 0. The molecule has 0 amide bonds. The highest BCUT2D eigenvalue weighted by Crippen LogP contribution is 2.17. The van der Waals surface area contributed by atoms with Crippen molar-refractivity contribution in [2.45, 2.75) is 44.9 Å². The van der Waals surface area contributed by atoms with Gasteiger partial charge in [0, 0.05) is 18.9 Å². The van der Waals surface area contributed by atoms with Gasteiger partial charge in [0.15, 0.2) is 0 Å². The molecule has 3 nitrogen and oxygen atoms in total. The van der Waals surface area contributed by atoms with Crippen LogP contribution in [0, 0.1) is 5.92 Å². The lowest BCUT2D eigenvalue weighted by atomic mass is 9.94. The summed E-state index contributed by atoms with van der Waals surface area (Å²) < 4.78 is 5.31. The number of hydrogen-bond acceptors (Lipinski definition) is 3. The fraction of sp³-hybridized carbons (Fsp3) is 0.917. The van der Waals surface area contributed by atoms with Gasteiger partial charge in [0.2, 0.25) is 0 Å². The van der Waals surface area contributed by atoms with E-state index >= 15 is 0 Å². The lowest BCUT2D eigenvalue weighted by molar-refractivity contribution is -0.126. The largest absolute Gasteiger partial charge is 0.381 e. The molecule has 0 aliphatic carbocycles. The van der Waals surface area contributed by atoms with Crippen molar-refractivity contribution in [3.63, 3.8) is 0 Å². The molecule has 0 aromatic heterocycles. The van der Waals surface area contributed by atoms with Gasteiger partial charge >= 0.3 is 0 Å². The summed E-state index contributed by atoms with van der Waals surface area (Å²) in [4.78, 5) is 11.7. The Balaban J connectivity index is 2.02. The summed E-state index contributed by atoms with van der Waals surface area (Å²) >= 11 is 0. The van der Waals surface area contributed by atoms with Crippen molar-refractivity contribution in [2.24, 2.45) is 11.7 Å². The molecule has 0 aromatic rings. The Hall–Kier alpha value is -0.410. The minimum absolute atomic E-state index is 0.188. The molecule has 0 radical (unpaired) electrons. The van der Waals surface area contributed by atoms with E-state index in [9.17, 15) is 4.79 Å². The Bertz CT molecular complexity index is 176. The molecule has 0 bridgehead atoms. The predicted octanol–water partition coefficient (Wildman–Crippen LogP) is 1.89. The molecule has 1 rings (SSSR count). The molecular formula is C12H23NO2. The van der Waals surface area contributed by atoms with Crippen molar-refractivity contribution in [1.29, 1.82) is 0 Å². The first-order valence-electron chi connectivity index (χ1n) is 6.15. The van der Waals surface area contributed by atoms with Gasteiger partial charge in [-0.2, -0.15) is 0 Å². The molecule has 1 unspecified atom stereocenters. The summed E-state index contributed by atoms with van der Waals surface area (Å²) in [6.07, 6.45) is 7.21. The Morgan fingerprint density at radius 2 is 2.07 bits per heavy atom. The number of Topliss-reactive ketones (excluding diaryl/α,β-unsaturated/α-hetero) is 1. The van der Waals surface area contributed by atoms with Crippen LogP contribution in [0.15, 0.2) is 0 Å². The van der Waals surface area contributed by atoms with Crippen LogP contribution in [0.1, 0.15) is 44.9 Å². The Labute approximate surface area is 92.4 Å². The second kappa shape index (κ2) is 7.83. The average molecular weight is 213 g/mol. The minimum atomic E-state index is 0.188. The van der Waals surface area contributed by atoms with Crippen LogP contribution in [0.3, 0.4) is 0 Å². The van der Waals surface area contributed by atoms with Gasteiger partial charge in [-0.15, -0.1) is 0 Å². The summed E-state index contributed by atoms with van der Waals surface area (Å²) in [5.74, 6) is 0.593. The highest BCUT2D eigenvalue weighted by atomic mass is 16.5. The van der Waals surface area contributed by atoms with E-state index in [0.29, 0.717) is 12.4 Å². The zero-order valence-electron chi connectivity index (χ0n) is 9.54. The molecule has 1 aliphatic rings. The molecule has 1 atom stereocenters. The van der Waals surface area contributed by atoms with Crippen LogP contribution in [0.25, 0.3) is 0 Å². The van der Waals surface area contributed by atoms with Gasteiger partial charge in [-0.05, 0) is 32.2 Å². The van der Waals surface area contributed by atoms with Crippen LogP contribution in [-0.2, 0) is 9.53 Å². The zero-order chi connectivity index (χ0) is 10.9. The maximum atomic E-state index is 11.7. The third-order valence-electron chi connectivity index (χ3n) is 2.99. The van der Waals surface area contributed by atoms with Gasteiger partial charge < -0.3 is 10.5 Å². The number of hydrogen-bond donors (Lipinski definition) is 1. The molecule has 3 heteroatoms. The second-order valence-corrected chi connectivity index (χ2v) is 4.33. The van der Waals surface area contributed by atoms with E-state index in [1.807, 2.05) is 0 Å². The van der Waals surface area contributed by atoms with Crippen LogP contribution < -0.4 is 5.73 Å². The molecule has 0 saturated carbocycles. The Morgan fingerprint density at radius 1 is 1.27 bits per heavy atom. The van der Waals surface area contributed by atoms with Gasteiger partial charge in [0.05, 0.1) is 6.61 Å². The summed E-state index contributed by atoms with van der Waals surface area (Å²) in [6, 6.07) is 0. The number of nitrogens with two attached hydrogens (primary N) is 1. The molecule has 0 spiro atoms. The summed E-state index contributed by atoms with van der Waals surface area (Å²) in [5, 5.41) is 0. The second-order valence-electron chi connectivity index (χ2n) is 4.33. The minimum Gasteiger partial charge on any atom is -0.381 e.